The molecular formula is C8H20N3O+. The number of hydrogen-bond acceptors (Lipinski definition) is 2. The van der Waals surface area contributed by atoms with Crippen molar-refractivity contribution in [2.45, 2.75) is 13.3 Å². The minimum absolute atomic E-state index is 0.110. The van der Waals surface area contributed by atoms with Gasteiger partial charge in [-0.3, -0.25) is 9.39 Å². The van der Waals surface area contributed by atoms with Crippen molar-refractivity contribution in [3.8, 4) is 0 Å². The molecule has 0 fully saturated rings. The van der Waals surface area contributed by atoms with E-state index in [0.29, 0.717) is 17.6 Å². The van der Waals surface area contributed by atoms with E-state index in [2.05, 4.69) is 10.7 Å². The number of quaternary nitrogens is 1. The fourth-order valence-electron chi connectivity index (χ4n) is 0.790. The van der Waals surface area contributed by atoms with Crippen LogP contribution in [0.2, 0.25) is 0 Å². The highest BCUT2D eigenvalue weighted by Gasteiger charge is 2.06. The number of carbonyl (C=O) groups is 1. The summed E-state index contributed by atoms with van der Waals surface area (Å²) < 4.78 is 0.680. The van der Waals surface area contributed by atoms with Crippen LogP contribution in [0, 0.1) is 0 Å². The zero-order valence-corrected chi connectivity index (χ0v) is 8.48. The van der Waals surface area contributed by atoms with Gasteiger partial charge < -0.3 is 5.32 Å². The van der Waals surface area contributed by atoms with Crippen LogP contribution in [0.25, 0.3) is 0 Å². The normalized spacial score (nSPS) is 11.3. The smallest absolute Gasteiger partial charge is 0.221 e. The van der Waals surface area contributed by atoms with Gasteiger partial charge in [0.2, 0.25) is 5.91 Å². The molecule has 0 bridgehead atoms. The van der Waals surface area contributed by atoms with Crippen molar-refractivity contribution in [2.24, 2.45) is 0 Å². The zero-order valence-electron chi connectivity index (χ0n) is 8.48. The van der Waals surface area contributed by atoms with Crippen molar-refractivity contribution < 1.29 is 9.39 Å². The first-order chi connectivity index (χ1) is 5.45. The summed E-state index contributed by atoms with van der Waals surface area (Å²) >= 11 is 0. The van der Waals surface area contributed by atoms with E-state index in [9.17, 15) is 4.79 Å². The standard InChI is InChI=1S/C8H19N3O/c1-5-9-8(12)6-7-10-11(2,3)4/h10H,5-7H2,1-4H3/p+1. The molecule has 72 valence electrons. The van der Waals surface area contributed by atoms with E-state index in [1.165, 1.54) is 0 Å². The van der Waals surface area contributed by atoms with Gasteiger partial charge in [0, 0.05) is 13.0 Å². The highest BCUT2D eigenvalue weighted by Crippen LogP contribution is 1.83. The molecule has 0 unspecified atom stereocenters. The Hall–Kier alpha value is -0.610. The minimum atomic E-state index is 0.110. The van der Waals surface area contributed by atoms with Crippen molar-refractivity contribution in [3.63, 3.8) is 0 Å². The first-order valence-corrected chi connectivity index (χ1v) is 4.29. The predicted octanol–water partition coefficient (Wildman–Crippen LogP) is -0.277. The van der Waals surface area contributed by atoms with Crippen LogP contribution in [0.3, 0.4) is 0 Å². The van der Waals surface area contributed by atoms with Gasteiger partial charge in [-0.15, -0.1) is 0 Å². The molecule has 0 saturated carbocycles. The molecule has 0 radical (unpaired) electrons. The third kappa shape index (κ3) is 7.50. The van der Waals surface area contributed by atoms with Crippen LogP contribution in [0.15, 0.2) is 0 Å². The summed E-state index contributed by atoms with van der Waals surface area (Å²) in [7, 11) is 6.08. The van der Waals surface area contributed by atoms with E-state index in [1.807, 2.05) is 28.1 Å². The Bertz CT molecular complexity index is 140. The van der Waals surface area contributed by atoms with Crippen LogP contribution in [-0.2, 0) is 4.79 Å². The summed E-state index contributed by atoms with van der Waals surface area (Å²) in [6.45, 7) is 3.35. The summed E-state index contributed by atoms with van der Waals surface area (Å²) in [5.41, 5.74) is 3.19. The number of nitrogens with one attached hydrogen (secondary N) is 2. The fraction of sp³-hybridized carbons (Fsp3) is 0.875. The quantitative estimate of drug-likeness (QED) is 0.445. The molecule has 1 amide bonds. The SMILES string of the molecule is CCNC(=O)CCN[N+](C)(C)C. The topological polar surface area (TPSA) is 41.1 Å². The lowest BCUT2D eigenvalue weighted by molar-refractivity contribution is -0.915. The molecule has 0 spiro atoms. The highest BCUT2D eigenvalue weighted by atomic mass is 16.1. The molecule has 0 aliphatic heterocycles. The summed E-state index contributed by atoms with van der Waals surface area (Å²) in [4.78, 5) is 11.0. The van der Waals surface area contributed by atoms with Crippen LogP contribution < -0.4 is 10.7 Å². The van der Waals surface area contributed by atoms with Gasteiger partial charge in [0.15, 0.2) is 0 Å². The molecule has 2 N–H and O–H groups in total. The lowest BCUT2D eigenvalue weighted by Gasteiger charge is -2.23. The third-order valence-electron chi connectivity index (χ3n) is 1.31. The molecule has 0 aromatic rings. The second-order valence-corrected chi connectivity index (χ2v) is 3.62. The fourth-order valence-corrected chi connectivity index (χ4v) is 0.790. The van der Waals surface area contributed by atoms with Gasteiger partial charge in [-0.1, -0.05) is 0 Å². The molecule has 12 heavy (non-hydrogen) atoms. The Morgan fingerprint density at radius 2 is 1.92 bits per heavy atom. The average Bonchev–Trinajstić information content (AvgIpc) is 1.84. The summed E-state index contributed by atoms with van der Waals surface area (Å²) in [6.07, 6.45) is 0.545. The first-order valence-electron chi connectivity index (χ1n) is 4.29. The van der Waals surface area contributed by atoms with Gasteiger partial charge in [-0.2, -0.15) is 5.43 Å². The summed E-state index contributed by atoms with van der Waals surface area (Å²) in [6, 6.07) is 0. The molecule has 0 aliphatic carbocycles. The van der Waals surface area contributed by atoms with Gasteiger partial charge in [-0.05, 0) is 6.92 Å². The lowest BCUT2D eigenvalue weighted by Crippen LogP contribution is -2.49. The Morgan fingerprint density at radius 1 is 1.33 bits per heavy atom. The van der Waals surface area contributed by atoms with Gasteiger partial charge >= 0.3 is 0 Å². The van der Waals surface area contributed by atoms with E-state index in [-0.39, 0.29) is 5.91 Å². The summed E-state index contributed by atoms with van der Waals surface area (Å²) in [5.74, 6) is 0.110. The van der Waals surface area contributed by atoms with Gasteiger partial charge in [0.1, 0.15) is 0 Å². The van der Waals surface area contributed by atoms with Gasteiger partial charge in [0.25, 0.3) is 0 Å². The second kappa shape index (κ2) is 5.11. The van der Waals surface area contributed by atoms with Gasteiger partial charge in [-0.25, -0.2) is 0 Å². The molecule has 0 aliphatic rings. The van der Waals surface area contributed by atoms with E-state index in [1.54, 1.807) is 0 Å². The minimum Gasteiger partial charge on any atom is -0.356 e. The number of rotatable bonds is 5. The van der Waals surface area contributed by atoms with Crippen molar-refractivity contribution in [1.82, 2.24) is 10.7 Å². The second-order valence-electron chi connectivity index (χ2n) is 3.62. The maximum Gasteiger partial charge on any atom is 0.221 e. The van der Waals surface area contributed by atoms with E-state index < -0.39 is 0 Å². The van der Waals surface area contributed by atoms with Crippen molar-refractivity contribution in [1.29, 1.82) is 0 Å². The van der Waals surface area contributed by atoms with Crippen LogP contribution in [0.1, 0.15) is 13.3 Å². The Balaban J connectivity index is 3.37. The van der Waals surface area contributed by atoms with Crippen LogP contribution in [0.5, 0.6) is 0 Å². The van der Waals surface area contributed by atoms with E-state index in [4.69, 9.17) is 0 Å². The lowest BCUT2D eigenvalue weighted by atomic mass is 10.4. The van der Waals surface area contributed by atoms with Gasteiger partial charge in [0.05, 0.1) is 27.7 Å². The van der Waals surface area contributed by atoms with Crippen molar-refractivity contribution >= 4 is 5.91 Å². The van der Waals surface area contributed by atoms with E-state index >= 15 is 0 Å². The summed E-state index contributed by atoms with van der Waals surface area (Å²) in [5, 5.41) is 2.75. The third-order valence-corrected chi connectivity index (χ3v) is 1.31. The zero-order chi connectivity index (χ0) is 9.61. The Morgan fingerprint density at radius 3 is 2.33 bits per heavy atom. The largest absolute Gasteiger partial charge is 0.356 e. The monoisotopic (exact) mass is 174 g/mol. The molecular weight excluding hydrogens is 154 g/mol. The first kappa shape index (κ1) is 11.4. The Labute approximate surface area is 74.5 Å². The molecule has 0 aromatic heterocycles. The van der Waals surface area contributed by atoms with Crippen LogP contribution in [-0.4, -0.2) is 44.7 Å². The number of nitrogens with zero attached hydrogens (tertiary/aromatic N) is 1. The molecule has 0 aromatic carbocycles. The maximum atomic E-state index is 11.0. The number of carbonyl (C=O) groups excluding carboxylic acids is 1. The highest BCUT2D eigenvalue weighted by molar-refractivity contribution is 5.75. The molecule has 0 heterocycles. The molecule has 4 nitrogen and oxygen atoms in total. The predicted molar refractivity (Wildman–Crippen MR) is 49.3 cm³/mol. The molecule has 0 atom stereocenters. The Kier molecular flexibility index (Phi) is 4.85. The van der Waals surface area contributed by atoms with E-state index in [0.717, 1.165) is 6.54 Å². The number of hydrogen-bond donors (Lipinski definition) is 2. The maximum absolute atomic E-state index is 11.0. The van der Waals surface area contributed by atoms with Crippen molar-refractivity contribution in [3.05, 3.63) is 0 Å². The number of amides is 1. The van der Waals surface area contributed by atoms with Crippen molar-refractivity contribution in [2.75, 3.05) is 34.2 Å². The molecule has 4 heteroatoms. The molecule has 0 saturated heterocycles. The average molecular weight is 174 g/mol. The van der Waals surface area contributed by atoms with Crippen LogP contribution in [0.4, 0.5) is 0 Å². The molecule has 0 rings (SSSR count). The van der Waals surface area contributed by atoms with Crippen LogP contribution >= 0.6 is 0 Å².